The zero-order valence-electron chi connectivity index (χ0n) is 9.44. The summed E-state index contributed by atoms with van der Waals surface area (Å²) < 4.78 is 61.2. The third kappa shape index (κ3) is 5.22. The van der Waals surface area contributed by atoms with Gasteiger partial charge in [0.05, 0.1) is 5.69 Å². The number of hydrogen-bond acceptors (Lipinski definition) is 6. The molecule has 0 atom stereocenters. The second-order valence-corrected chi connectivity index (χ2v) is 6.03. The Bertz CT molecular complexity index is 521. The molecule has 0 aromatic carbocycles. The SMILES string of the molecule is NNc1cccnc1S(=O)(=O)NCCSC(F)(F)F. The van der Waals surface area contributed by atoms with Crippen molar-refractivity contribution in [3.63, 3.8) is 0 Å². The Balaban J connectivity index is 2.66. The zero-order chi connectivity index (χ0) is 14.5. The van der Waals surface area contributed by atoms with Gasteiger partial charge in [0.2, 0.25) is 0 Å². The number of halogens is 3. The number of sulfonamides is 1. The molecule has 0 unspecified atom stereocenters. The summed E-state index contributed by atoms with van der Waals surface area (Å²) in [4.78, 5) is 3.63. The van der Waals surface area contributed by atoms with Gasteiger partial charge in [0, 0.05) is 18.5 Å². The number of rotatable bonds is 6. The first kappa shape index (κ1) is 16.0. The number of hydrazine groups is 1. The fourth-order valence-corrected chi connectivity index (χ4v) is 2.81. The number of nitrogens with two attached hydrogens (primary N) is 1. The van der Waals surface area contributed by atoms with Gasteiger partial charge in [-0.25, -0.2) is 18.1 Å². The number of thioether (sulfide) groups is 1. The van der Waals surface area contributed by atoms with Gasteiger partial charge >= 0.3 is 5.51 Å². The average molecular weight is 316 g/mol. The molecule has 0 radical (unpaired) electrons. The molecule has 4 N–H and O–H groups in total. The van der Waals surface area contributed by atoms with E-state index in [-0.39, 0.29) is 29.0 Å². The van der Waals surface area contributed by atoms with Crippen molar-refractivity contribution in [1.29, 1.82) is 0 Å². The minimum atomic E-state index is -4.39. The lowest BCUT2D eigenvalue weighted by Gasteiger charge is -2.10. The summed E-state index contributed by atoms with van der Waals surface area (Å²) in [5.74, 6) is 4.69. The molecule has 1 aromatic heterocycles. The van der Waals surface area contributed by atoms with Gasteiger partial charge in [-0.05, 0) is 23.9 Å². The molecular formula is C8H11F3N4O2S2. The number of nitrogen functional groups attached to an aromatic ring is 1. The van der Waals surface area contributed by atoms with Gasteiger partial charge in [-0.3, -0.25) is 5.84 Å². The largest absolute Gasteiger partial charge is 0.441 e. The normalized spacial score (nSPS) is 12.4. The number of nitrogens with zero attached hydrogens (tertiary/aromatic N) is 1. The Hall–Kier alpha value is -1.04. The summed E-state index contributed by atoms with van der Waals surface area (Å²) in [6, 6.07) is 2.85. The van der Waals surface area contributed by atoms with Gasteiger partial charge in [0.25, 0.3) is 10.0 Å². The minimum Gasteiger partial charge on any atom is -0.321 e. The van der Waals surface area contributed by atoms with Crippen molar-refractivity contribution in [3.8, 4) is 0 Å². The number of aromatic nitrogens is 1. The number of anilines is 1. The Morgan fingerprint density at radius 1 is 1.42 bits per heavy atom. The van der Waals surface area contributed by atoms with Crippen molar-refractivity contribution in [2.45, 2.75) is 10.5 Å². The van der Waals surface area contributed by atoms with E-state index in [4.69, 9.17) is 5.84 Å². The van der Waals surface area contributed by atoms with Gasteiger partial charge in [0.1, 0.15) is 0 Å². The maximum atomic E-state index is 11.9. The fraction of sp³-hybridized carbons (Fsp3) is 0.375. The Morgan fingerprint density at radius 2 is 2.11 bits per heavy atom. The molecule has 0 bridgehead atoms. The quantitative estimate of drug-likeness (QED) is 0.410. The molecule has 0 aliphatic heterocycles. The smallest absolute Gasteiger partial charge is 0.321 e. The molecule has 0 fully saturated rings. The van der Waals surface area contributed by atoms with E-state index >= 15 is 0 Å². The van der Waals surface area contributed by atoms with Crippen LogP contribution < -0.4 is 16.0 Å². The van der Waals surface area contributed by atoms with Crippen molar-refractivity contribution in [1.82, 2.24) is 9.71 Å². The zero-order valence-corrected chi connectivity index (χ0v) is 11.1. The summed E-state index contributed by atoms with van der Waals surface area (Å²) in [6.07, 6.45) is 1.24. The Morgan fingerprint density at radius 3 is 2.68 bits per heavy atom. The second kappa shape index (κ2) is 6.41. The Labute approximate surface area is 112 Å². The molecule has 0 aliphatic rings. The van der Waals surface area contributed by atoms with E-state index < -0.39 is 21.3 Å². The summed E-state index contributed by atoms with van der Waals surface area (Å²) in [6.45, 7) is -0.368. The molecule has 0 saturated carbocycles. The molecule has 1 heterocycles. The topological polar surface area (TPSA) is 97.1 Å². The van der Waals surface area contributed by atoms with Crippen molar-refractivity contribution in [2.24, 2.45) is 5.84 Å². The predicted molar refractivity (Wildman–Crippen MR) is 65.7 cm³/mol. The molecule has 0 amide bonds. The lowest BCUT2D eigenvalue weighted by molar-refractivity contribution is -0.0327. The molecular weight excluding hydrogens is 305 g/mol. The van der Waals surface area contributed by atoms with E-state index in [9.17, 15) is 21.6 Å². The Kier molecular flexibility index (Phi) is 5.40. The summed E-state index contributed by atoms with van der Waals surface area (Å²) in [5, 5.41) is -0.366. The van der Waals surface area contributed by atoms with Crippen LogP contribution in [0.2, 0.25) is 0 Å². The standard InChI is InChI=1S/C8H11F3N4O2S2/c9-8(10,11)18-5-4-14-19(16,17)7-6(15-12)2-1-3-13-7/h1-3,14-15H,4-5,12H2. The van der Waals surface area contributed by atoms with Crippen LogP contribution in [0.5, 0.6) is 0 Å². The van der Waals surface area contributed by atoms with Crippen LogP contribution in [-0.4, -0.2) is 31.2 Å². The minimum absolute atomic E-state index is 0.0541. The van der Waals surface area contributed by atoms with Gasteiger partial charge in [-0.1, -0.05) is 0 Å². The fourth-order valence-electron chi connectivity index (χ4n) is 1.13. The van der Waals surface area contributed by atoms with Crippen LogP contribution in [-0.2, 0) is 10.0 Å². The van der Waals surface area contributed by atoms with Crippen LogP contribution >= 0.6 is 11.8 Å². The van der Waals surface area contributed by atoms with Crippen molar-refractivity contribution >= 4 is 27.5 Å². The van der Waals surface area contributed by atoms with Crippen LogP contribution in [0.15, 0.2) is 23.4 Å². The molecule has 1 aromatic rings. The number of hydrogen-bond donors (Lipinski definition) is 3. The number of pyridine rings is 1. The van der Waals surface area contributed by atoms with Crippen LogP contribution in [0.4, 0.5) is 18.9 Å². The second-order valence-electron chi connectivity index (χ2n) is 3.19. The van der Waals surface area contributed by atoms with E-state index in [1.54, 1.807) is 0 Å². The highest BCUT2D eigenvalue weighted by atomic mass is 32.2. The summed E-state index contributed by atoms with van der Waals surface area (Å²) >= 11 is -0.308. The maximum absolute atomic E-state index is 11.9. The highest BCUT2D eigenvalue weighted by Crippen LogP contribution is 2.29. The first-order chi connectivity index (χ1) is 8.76. The number of nitrogens with one attached hydrogen (secondary N) is 2. The third-order valence-corrected chi connectivity index (χ3v) is 4.00. The third-order valence-electron chi connectivity index (χ3n) is 1.84. The highest BCUT2D eigenvalue weighted by Gasteiger charge is 2.28. The van der Waals surface area contributed by atoms with Gasteiger partial charge in [0.15, 0.2) is 5.03 Å². The van der Waals surface area contributed by atoms with E-state index in [1.165, 1.54) is 18.3 Å². The molecule has 0 saturated heterocycles. The highest BCUT2D eigenvalue weighted by molar-refractivity contribution is 8.00. The van der Waals surface area contributed by atoms with E-state index in [0.29, 0.717) is 0 Å². The van der Waals surface area contributed by atoms with Gasteiger partial charge < -0.3 is 5.43 Å². The average Bonchev–Trinajstić information content (AvgIpc) is 2.33. The van der Waals surface area contributed by atoms with E-state index in [1.807, 2.05) is 4.72 Å². The molecule has 6 nitrogen and oxygen atoms in total. The van der Waals surface area contributed by atoms with E-state index in [2.05, 4.69) is 10.4 Å². The lowest BCUT2D eigenvalue weighted by atomic mass is 10.4. The van der Waals surface area contributed by atoms with Crippen molar-refractivity contribution < 1.29 is 21.6 Å². The van der Waals surface area contributed by atoms with E-state index in [0.717, 1.165) is 0 Å². The first-order valence-corrected chi connectivity index (χ1v) is 7.35. The van der Waals surface area contributed by atoms with Gasteiger partial charge in [-0.2, -0.15) is 13.2 Å². The molecule has 19 heavy (non-hydrogen) atoms. The van der Waals surface area contributed by atoms with Crippen LogP contribution in [0.25, 0.3) is 0 Å². The van der Waals surface area contributed by atoms with Crippen molar-refractivity contribution in [3.05, 3.63) is 18.3 Å². The summed E-state index contributed by atoms with van der Waals surface area (Å²) in [5.41, 5.74) is -2.18. The number of alkyl halides is 3. The molecule has 1 rings (SSSR count). The molecule has 108 valence electrons. The molecule has 0 spiro atoms. The van der Waals surface area contributed by atoms with Gasteiger partial charge in [-0.15, -0.1) is 0 Å². The molecule has 0 aliphatic carbocycles. The monoisotopic (exact) mass is 316 g/mol. The first-order valence-electron chi connectivity index (χ1n) is 4.88. The van der Waals surface area contributed by atoms with Crippen molar-refractivity contribution in [2.75, 3.05) is 17.7 Å². The van der Waals surface area contributed by atoms with Crippen LogP contribution in [0, 0.1) is 0 Å². The lowest BCUT2D eigenvalue weighted by Crippen LogP contribution is -2.28. The van der Waals surface area contributed by atoms with Crippen LogP contribution in [0.3, 0.4) is 0 Å². The summed E-state index contributed by atoms with van der Waals surface area (Å²) in [7, 11) is -4.01. The molecule has 11 heteroatoms. The van der Waals surface area contributed by atoms with Crippen LogP contribution in [0.1, 0.15) is 0 Å². The predicted octanol–water partition coefficient (Wildman–Crippen LogP) is 0.899. The maximum Gasteiger partial charge on any atom is 0.441 e.